The van der Waals surface area contributed by atoms with Crippen molar-refractivity contribution in [2.75, 3.05) is 13.4 Å². The molecule has 172 valence electrons. The van der Waals surface area contributed by atoms with Crippen LogP contribution in [0.5, 0.6) is 0 Å². The Morgan fingerprint density at radius 3 is 2.71 bits per heavy atom. The maximum absolute atomic E-state index is 12.1. The summed E-state index contributed by atoms with van der Waals surface area (Å²) in [7, 11) is 0. The number of aromatic nitrogens is 1. The van der Waals surface area contributed by atoms with Gasteiger partial charge in [0, 0.05) is 23.6 Å². The van der Waals surface area contributed by atoms with Crippen LogP contribution in [0.2, 0.25) is 0 Å². The summed E-state index contributed by atoms with van der Waals surface area (Å²) in [6, 6.07) is 0. The highest BCUT2D eigenvalue weighted by molar-refractivity contribution is 7.09. The molecule has 0 radical (unpaired) electrons. The number of fused-ring (bicyclic) bond motifs is 5. The van der Waals surface area contributed by atoms with E-state index in [1.54, 1.807) is 6.20 Å². The summed E-state index contributed by atoms with van der Waals surface area (Å²) in [4.78, 5) is 4.53. The summed E-state index contributed by atoms with van der Waals surface area (Å²) in [5, 5.41) is 25.1. The Hall–Kier alpha value is -0.790. The second kappa shape index (κ2) is 7.63. The molecule has 0 aliphatic heterocycles. The number of nitrogens with zero attached hydrogens (tertiary/aromatic N) is 1. The van der Waals surface area contributed by atoms with Gasteiger partial charge in [-0.05, 0) is 81.1 Å². The summed E-state index contributed by atoms with van der Waals surface area (Å²) >= 11 is 1.52. The number of hydrogen-bond acceptors (Lipinski definition) is 6. The molecule has 0 bridgehead atoms. The monoisotopic (exact) mass is 447 g/mol. The summed E-state index contributed by atoms with van der Waals surface area (Å²) in [6.45, 7) is 7.51. The van der Waals surface area contributed by atoms with Crippen molar-refractivity contribution in [3.63, 3.8) is 0 Å². The largest absolute Gasteiger partial charge is 0.393 e. The standard InChI is InChI=1S/C25H37NO4S/c1-4-29-16-30-25-12-11-24(28,21-26-13-14-31-21)23(25,3)10-8-19-20(25)6-5-17-15-18(27)7-9-22(17,19)2/h11-14,17-20,27-28H,4-10,15-16H2,1-3H3/t17-,18+,19+,20-,22+,23-,24+,25+/m1/s1. The van der Waals surface area contributed by atoms with Gasteiger partial charge < -0.3 is 19.7 Å². The highest BCUT2D eigenvalue weighted by atomic mass is 32.1. The third-order valence-electron chi connectivity index (χ3n) is 9.79. The molecule has 5 rings (SSSR count). The number of thiazole rings is 1. The minimum atomic E-state index is -1.13. The van der Waals surface area contributed by atoms with Crippen molar-refractivity contribution in [2.24, 2.45) is 28.6 Å². The van der Waals surface area contributed by atoms with Gasteiger partial charge in [0.1, 0.15) is 23.0 Å². The molecule has 2 N–H and O–H groups in total. The lowest BCUT2D eigenvalue weighted by Crippen LogP contribution is -2.66. The number of hydrogen-bond donors (Lipinski definition) is 2. The van der Waals surface area contributed by atoms with E-state index in [9.17, 15) is 10.2 Å². The highest BCUT2D eigenvalue weighted by Gasteiger charge is 2.71. The van der Waals surface area contributed by atoms with E-state index in [0.717, 1.165) is 50.0 Å². The third-order valence-corrected chi connectivity index (χ3v) is 10.7. The molecule has 3 fully saturated rings. The zero-order chi connectivity index (χ0) is 21.9. The SMILES string of the molecule is CCOCO[C@]12C=C[C@](O)(c3nccs3)[C@@]1(C)CC[C@H]1[C@H]2CC[C@@H]2C[C@@H](O)CC[C@@]21C. The molecule has 0 amide bonds. The van der Waals surface area contributed by atoms with Gasteiger partial charge >= 0.3 is 0 Å². The van der Waals surface area contributed by atoms with E-state index >= 15 is 0 Å². The first kappa shape index (κ1) is 22.0. The van der Waals surface area contributed by atoms with Crippen molar-refractivity contribution < 1.29 is 19.7 Å². The first-order valence-corrected chi connectivity index (χ1v) is 12.9. The molecule has 5 nitrogen and oxygen atoms in total. The Morgan fingerprint density at radius 1 is 1.13 bits per heavy atom. The number of rotatable bonds is 5. The minimum Gasteiger partial charge on any atom is -0.393 e. The van der Waals surface area contributed by atoms with Crippen LogP contribution in [0, 0.1) is 28.6 Å². The Bertz CT molecular complexity index is 829. The molecule has 8 atom stereocenters. The number of ether oxygens (including phenoxy) is 2. The Labute approximate surface area is 189 Å². The Balaban J connectivity index is 1.56. The second-order valence-corrected chi connectivity index (χ2v) is 11.7. The molecule has 6 heteroatoms. The normalized spacial score (nSPS) is 48.8. The predicted octanol–water partition coefficient (Wildman–Crippen LogP) is 4.64. The fraction of sp³-hybridized carbons (Fsp3) is 0.800. The molecule has 0 unspecified atom stereocenters. The van der Waals surface area contributed by atoms with Crippen molar-refractivity contribution in [1.82, 2.24) is 4.98 Å². The van der Waals surface area contributed by atoms with E-state index in [2.05, 4.69) is 24.9 Å². The predicted molar refractivity (Wildman–Crippen MR) is 120 cm³/mol. The van der Waals surface area contributed by atoms with Gasteiger partial charge in [-0.3, -0.25) is 0 Å². The first-order valence-electron chi connectivity index (χ1n) is 12.0. The minimum absolute atomic E-state index is 0.145. The number of aliphatic hydroxyl groups is 2. The molecule has 1 aromatic heterocycles. The van der Waals surface area contributed by atoms with Crippen LogP contribution in [-0.4, -0.2) is 40.3 Å². The lowest BCUT2D eigenvalue weighted by Gasteiger charge is -2.65. The summed E-state index contributed by atoms with van der Waals surface area (Å²) in [5.41, 5.74) is -1.97. The molecule has 3 saturated carbocycles. The van der Waals surface area contributed by atoms with Gasteiger partial charge in [0.2, 0.25) is 0 Å². The van der Waals surface area contributed by atoms with Gasteiger partial charge in [-0.25, -0.2) is 4.98 Å². The fourth-order valence-corrected chi connectivity index (χ4v) is 8.79. The van der Waals surface area contributed by atoms with E-state index in [-0.39, 0.29) is 18.3 Å². The Morgan fingerprint density at radius 2 is 1.97 bits per heavy atom. The summed E-state index contributed by atoms with van der Waals surface area (Å²) in [5.74, 6) is 1.43. The van der Waals surface area contributed by atoms with Gasteiger partial charge in [-0.2, -0.15) is 0 Å². The van der Waals surface area contributed by atoms with E-state index < -0.39 is 16.6 Å². The topological polar surface area (TPSA) is 71.8 Å². The molecule has 31 heavy (non-hydrogen) atoms. The zero-order valence-corrected chi connectivity index (χ0v) is 19.9. The maximum atomic E-state index is 12.1. The lowest BCUT2D eigenvalue weighted by molar-refractivity contribution is -0.269. The van der Waals surface area contributed by atoms with Crippen LogP contribution in [0.4, 0.5) is 0 Å². The van der Waals surface area contributed by atoms with Crippen molar-refractivity contribution >= 4 is 11.3 Å². The van der Waals surface area contributed by atoms with Gasteiger partial charge in [0.05, 0.1) is 6.10 Å². The molecule has 0 saturated heterocycles. The molecule has 4 aliphatic carbocycles. The van der Waals surface area contributed by atoms with Gasteiger partial charge in [0.25, 0.3) is 0 Å². The Kier molecular flexibility index (Phi) is 5.42. The average molecular weight is 448 g/mol. The summed E-state index contributed by atoms with van der Waals surface area (Å²) < 4.78 is 12.4. The highest BCUT2D eigenvalue weighted by Crippen LogP contribution is 2.70. The van der Waals surface area contributed by atoms with Crippen LogP contribution >= 0.6 is 11.3 Å². The zero-order valence-electron chi connectivity index (χ0n) is 19.0. The van der Waals surface area contributed by atoms with Gasteiger partial charge in [0.15, 0.2) is 0 Å². The molecular weight excluding hydrogens is 410 g/mol. The van der Waals surface area contributed by atoms with E-state index in [1.165, 1.54) is 11.3 Å². The van der Waals surface area contributed by atoms with Crippen LogP contribution < -0.4 is 0 Å². The van der Waals surface area contributed by atoms with Crippen molar-refractivity contribution in [1.29, 1.82) is 0 Å². The van der Waals surface area contributed by atoms with Crippen molar-refractivity contribution in [3.05, 3.63) is 28.7 Å². The first-order chi connectivity index (χ1) is 14.8. The number of aliphatic hydroxyl groups excluding tert-OH is 1. The van der Waals surface area contributed by atoms with Crippen LogP contribution in [0.1, 0.15) is 70.7 Å². The van der Waals surface area contributed by atoms with E-state index in [4.69, 9.17) is 9.47 Å². The molecule has 0 spiro atoms. The maximum Gasteiger partial charge on any atom is 0.147 e. The summed E-state index contributed by atoms with van der Waals surface area (Å²) in [6.07, 6.45) is 12.8. The van der Waals surface area contributed by atoms with E-state index in [1.807, 2.05) is 18.4 Å². The average Bonchev–Trinajstić information content (AvgIpc) is 3.36. The van der Waals surface area contributed by atoms with Crippen molar-refractivity contribution in [3.8, 4) is 0 Å². The van der Waals surface area contributed by atoms with Gasteiger partial charge in [-0.15, -0.1) is 11.3 Å². The third kappa shape index (κ3) is 2.91. The molecule has 0 aromatic carbocycles. The molecular formula is C25H37NO4S. The molecule has 1 aromatic rings. The van der Waals surface area contributed by atoms with Crippen LogP contribution in [0.15, 0.2) is 23.7 Å². The fourth-order valence-electron chi connectivity index (χ4n) is 7.95. The van der Waals surface area contributed by atoms with E-state index in [0.29, 0.717) is 24.4 Å². The van der Waals surface area contributed by atoms with Crippen LogP contribution in [0.3, 0.4) is 0 Å². The van der Waals surface area contributed by atoms with Crippen LogP contribution in [0.25, 0.3) is 0 Å². The smallest absolute Gasteiger partial charge is 0.147 e. The second-order valence-electron chi connectivity index (χ2n) is 10.8. The van der Waals surface area contributed by atoms with Gasteiger partial charge in [-0.1, -0.05) is 19.9 Å². The molecule has 4 aliphatic rings. The quantitative estimate of drug-likeness (QED) is 0.391. The lowest BCUT2D eigenvalue weighted by atomic mass is 9.42. The van der Waals surface area contributed by atoms with Crippen molar-refractivity contribution in [2.45, 2.75) is 83.0 Å². The molecule has 1 heterocycles. The van der Waals surface area contributed by atoms with Crippen LogP contribution in [-0.2, 0) is 15.1 Å².